The molecule has 0 fully saturated rings. The van der Waals surface area contributed by atoms with E-state index >= 15 is 0 Å². The Bertz CT molecular complexity index is 537. The highest BCUT2D eigenvalue weighted by molar-refractivity contribution is 6.31. The van der Waals surface area contributed by atoms with E-state index in [4.69, 9.17) is 16.3 Å². The van der Waals surface area contributed by atoms with E-state index in [0.717, 1.165) is 35.0 Å². The zero-order chi connectivity index (χ0) is 13.7. The van der Waals surface area contributed by atoms with Gasteiger partial charge in [0.1, 0.15) is 5.75 Å². The molecule has 0 aliphatic heterocycles. The van der Waals surface area contributed by atoms with Crippen molar-refractivity contribution in [3.05, 3.63) is 58.6 Å². The topological polar surface area (TPSA) is 21.3 Å². The van der Waals surface area contributed by atoms with E-state index < -0.39 is 0 Å². The first-order chi connectivity index (χ1) is 9.20. The fourth-order valence-corrected chi connectivity index (χ4v) is 2.11. The summed E-state index contributed by atoms with van der Waals surface area (Å²) in [5.41, 5.74) is 3.48. The highest BCUT2D eigenvalue weighted by Gasteiger charge is 2.01. The van der Waals surface area contributed by atoms with Crippen molar-refractivity contribution in [2.75, 3.05) is 19.0 Å². The number of hydrogen-bond acceptors (Lipinski definition) is 2. The third-order valence-corrected chi connectivity index (χ3v) is 3.57. The smallest absolute Gasteiger partial charge is 0.118 e. The van der Waals surface area contributed by atoms with E-state index in [2.05, 4.69) is 23.5 Å². The zero-order valence-corrected chi connectivity index (χ0v) is 12.0. The largest absolute Gasteiger partial charge is 0.497 e. The van der Waals surface area contributed by atoms with Gasteiger partial charge in [0.05, 0.1) is 7.11 Å². The molecule has 0 aliphatic carbocycles. The second-order valence-corrected chi connectivity index (χ2v) is 4.84. The van der Waals surface area contributed by atoms with Crippen LogP contribution < -0.4 is 10.1 Å². The van der Waals surface area contributed by atoms with Gasteiger partial charge in [0, 0.05) is 17.3 Å². The van der Waals surface area contributed by atoms with Crippen molar-refractivity contribution in [1.82, 2.24) is 0 Å². The molecule has 0 aromatic heterocycles. The normalized spacial score (nSPS) is 10.3. The lowest BCUT2D eigenvalue weighted by atomic mass is 10.1. The van der Waals surface area contributed by atoms with Crippen molar-refractivity contribution in [2.45, 2.75) is 13.3 Å². The third-order valence-electron chi connectivity index (χ3n) is 3.16. The van der Waals surface area contributed by atoms with E-state index in [1.807, 2.05) is 31.2 Å². The van der Waals surface area contributed by atoms with Crippen LogP contribution in [0.4, 0.5) is 5.69 Å². The van der Waals surface area contributed by atoms with Gasteiger partial charge in [0.2, 0.25) is 0 Å². The lowest BCUT2D eigenvalue weighted by molar-refractivity contribution is 0.414. The summed E-state index contributed by atoms with van der Waals surface area (Å²) < 4.78 is 5.14. The summed E-state index contributed by atoms with van der Waals surface area (Å²) in [6.45, 7) is 2.91. The van der Waals surface area contributed by atoms with E-state index in [1.165, 1.54) is 5.56 Å². The highest BCUT2D eigenvalue weighted by atomic mass is 35.5. The second kappa shape index (κ2) is 6.48. The minimum atomic E-state index is 0.800. The first-order valence-corrected chi connectivity index (χ1v) is 6.70. The molecule has 0 saturated carbocycles. The molecule has 0 saturated heterocycles. The number of benzene rings is 2. The molecule has 2 aromatic carbocycles. The van der Waals surface area contributed by atoms with Gasteiger partial charge in [-0.25, -0.2) is 0 Å². The van der Waals surface area contributed by atoms with Crippen molar-refractivity contribution in [2.24, 2.45) is 0 Å². The predicted molar refractivity (Wildman–Crippen MR) is 81.4 cm³/mol. The summed E-state index contributed by atoms with van der Waals surface area (Å²) in [6, 6.07) is 14.1. The Labute approximate surface area is 119 Å². The molecule has 0 amide bonds. The van der Waals surface area contributed by atoms with Crippen LogP contribution in [-0.2, 0) is 6.42 Å². The number of ether oxygens (including phenoxy) is 1. The fraction of sp³-hybridized carbons (Fsp3) is 0.250. The van der Waals surface area contributed by atoms with Crippen LogP contribution in [0.25, 0.3) is 0 Å². The molecule has 2 rings (SSSR count). The number of halogens is 1. The predicted octanol–water partition coefficient (Wildman–Crippen LogP) is 4.31. The number of hydrogen-bond donors (Lipinski definition) is 1. The van der Waals surface area contributed by atoms with Crippen LogP contribution in [0.15, 0.2) is 42.5 Å². The van der Waals surface area contributed by atoms with Gasteiger partial charge in [0.15, 0.2) is 0 Å². The maximum atomic E-state index is 6.09. The molecule has 0 radical (unpaired) electrons. The van der Waals surface area contributed by atoms with Gasteiger partial charge in [-0.15, -0.1) is 0 Å². The molecular formula is C16H18ClNO. The molecule has 3 heteroatoms. The van der Waals surface area contributed by atoms with Crippen molar-refractivity contribution in [3.8, 4) is 5.75 Å². The van der Waals surface area contributed by atoms with Gasteiger partial charge >= 0.3 is 0 Å². The molecule has 0 bridgehead atoms. The SMILES string of the molecule is COc1ccc(CCNc2cccc(Cl)c2C)cc1. The van der Waals surface area contributed by atoms with Gasteiger partial charge < -0.3 is 10.1 Å². The van der Waals surface area contributed by atoms with Gasteiger partial charge in [-0.2, -0.15) is 0 Å². The molecular weight excluding hydrogens is 258 g/mol. The molecule has 19 heavy (non-hydrogen) atoms. The quantitative estimate of drug-likeness (QED) is 0.878. The Morgan fingerprint density at radius 3 is 2.53 bits per heavy atom. The Balaban J connectivity index is 1.90. The lowest BCUT2D eigenvalue weighted by Crippen LogP contribution is -2.06. The average Bonchev–Trinajstić information content (AvgIpc) is 2.44. The Hall–Kier alpha value is -1.67. The summed E-state index contributed by atoms with van der Waals surface area (Å²) in [5, 5.41) is 4.22. The number of nitrogens with one attached hydrogen (secondary N) is 1. The second-order valence-electron chi connectivity index (χ2n) is 4.44. The van der Waals surface area contributed by atoms with Crippen molar-refractivity contribution < 1.29 is 4.74 Å². The Morgan fingerprint density at radius 1 is 1.11 bits per heavy atom. The monoisotopic (exact) mass is 275 g/mol. The third kappa shape index (κ3) is 3.65. The van der Waals surface area contributed by atoms with Crippen molar-refractivity contribution >= 4 is 17.3 Å². The molecule has 0 spiro atoms. The van der Waals surface area contributed by atoms with Gasteiger partial charge in [-0.05, 0) is 48.7 Å². The molecule has 0 unspecified atom stereocenters. The first kappa shape index (κ1) is 13.8. The summed E-state index contributed by atoms with van der Waals surface area (Å²) in [5.74, 6) is 0.891. The van der Waals surface area contributed by atoms with Crippen LogP contribution in [0.3, 0.4) is 0 Å². The van der Waals surface area contributed by atoms with E-state index in [9.17, 15) is 0 Å². The van der Waals surface area contributed by atoms with Gasteiger partial charge in [0.25, 0.3) is 0 Å². The average molecular weight is 276 g/mol. The summed E-state index contributed by atoms with van der Waals surface area (Å²) >= 11 is 6.09. The maximum Gasteiger partial charge on any atom is 0.118 e. The van der Waals surface area contributed by atoms with E-state index in [0.29, 0.717) is 0 Å². The molecule has 0 atom stereocenters. The van der Waals surface area contributed by atoms with Crippen LogP contribution in [0.2, 0.25) is 5.02 Å². The van der Waals surface area contributed by atoms with Crippen LogP contribution in [0.5, 0.6) is 5.75 Å². The maximum absolute atomic E-state index is 6.09. The van der Waals surface area contributed by atoms with Gasteiger partial charge in [-0.3, -0.25) is 0 Å². The van der Waals surface area contributed by atoms with Crippen molar-refractivity contribution in [3.63, 3.8) is 0 Å². The van der Waals surface area contributed by atoms with Crippen LogP contribution in [-0.4, -0.2) is 13.7 Å². The standard InChI is InChI=1S/C16H18ClNO/c1-12-15(17)4-3-5-16(12)18-11-10-13-6-8-14(19-2)9-7-13/h3-9,18H,10-11H2,1-2H3. The summed E-state index contributed by atoms with van der Waals surface area (Å²) in [4.78, 5) is 0. The first-order valence-electron chi connectivity index (χ1n) is 6.32. The Kier molecular flexibility index (Phi) is 4.69. The summed E-state index contributed by atoms with van der Waals surface area (Å²) in [6.07, 6.45) is 0.968. The van der Waals surface area contributed by atoms with Crippen LogP contribution in [0, 0.1) is 6.92 Å². The van der Waals surface area contributed by atoms with E-state index in [1.54, 1.807) is 7.11 Å². The molecule has 2 nitrogen and oxygen atoms in total. The minimum Gasteiger partial charge on any atom is -0.497 e. The van der Waals surface area contributed by atoms with Crippen LogP contribution >= 0.6 is 11.6 Å². The summed E-state index contributed by atoms with van der Waals surface area (Å²) in [7, 11) is 1.68. The molecule has 2 aromatic rings. The number of rotatable bonds is 5. The highest BCUT2D eigenvalue weighted by Crippen LogP contribution is 2.22. The molecule has 1 N–H and O–H groups in total. The number of anilines is 1. The van der Waals surface area contributed by atoms with Gasteiger partial charge in [-0.1, -0.05) is 29.8 Å². The molecule has 100 valence electrons. The lowest BCUT2D eigenvalue weighted by Gasteiger charge is -2.10. The Morgan fingerprint density at radius 2 is 1.84 bits per heavy atom. The molecule has 0 heterocycles. The molecule has 0 aliphatic rings. The van der Waals surface area contributed by atoms with Crippen molar-refractivity contribution in [1.29, 1.82) is 0 Å². The number of methoxy groups -OCH3 is 1. The van der Waals surface area contributed by atoms with Crippen LogP contribution in [0.1, 0.15) is 11.1 Å². The fourth-order valence-electron chi connectivity index (χ4n) is 1.93. The minimum absolute atomic E-state index is 0.800. The zero-order valence-electron chi connectivity index (χ0n) is 11.2. The van der Waals surface area contributed by atoms with E-state index in [-0.39, 0.29) is 0 Å².